The highest BCUT2D eigenvalue weighted by Crippen LogP contribution is 2.42. The van der Waals surface area contributed by atoms with Crippen LogP contribution in [0, 0.1) is 20.8 Å². The van der Waals surface area contributed by atoms with E-state index < -0.39 is 0 Å². The fourth-order valence-electron chi connectivity index (χ4n) is 10.0. The summed E-state index contributed by atoms with van der Waals surface area (Å²) in [7, 11) is 0. The molecule has 0 fully saturated rings. The monoisotopic (exact) mass is 833 g/mol. The highest BCUT2D eigenvalue weighted by atomic mass is 15.1. The smallest absolute Gasteiger partial charge is 0.166 e. The molecule has 0 bridgehead atoms. The Morgan fingerprint density at radius 2 is 0.769 bits per heavy atom. The maximum absolute atomic E-state index is 5.35. The van der Waals surface area contributed by atoms with E-state index in [1.165, 1.54) is 54.9 Å². The second-order valence-corrected chi connectivity index (χ2v) is 17.0. The lowest BCUT2D eigenvalue weighted by Crippen LogP contribution is -2.04. The number of nitrogens with zero attached hydrogens (tertiary/aromatic N) is 5. The number of aromatic nitrogens is 5. The molecule has 0 saturated carbocycles. The zero-order chi connectivity index (χ0) is 43.6. The van der Waals surface area contributed by atoms with Gasteiger partial charge in [0.2, 0.25) is 0 Å². The summed E-state index contributed by atoms with van der Waals surface area (Å²) in [5, 5.41) is 4.81. The fraction of sp³-hybridized carbons (Fsp3) is 0.0500. The number of fused-ring (bicyclic) bond motifs is 6. The van der Waals surface area contributed by atoms with Gasteiger partial charge in [-0.25, -0.2) is 15.0 Å². The Balaban J connectivity index is 1.15. The van der Waals surface area contributed by atoms with Crippen molar-refractivity contribution >= 4 is 43.6 Å². The van der Waals surface area contributed by atoms with E-state index in [1.54, 1.807) is 0 Å². The third-order valence-electron chi connectivity index (χ3n) is 12.8. The summed E-state index contributed by atoms with van der Waals surface area (Å²) >= 11 is 0. The molecule has 0 aliphatic rings. The van der Waals surface area contributed by atoms with Crippen LogP contribution in [-0.2, 0) is 0 Å². The Morgan fingerprint density at radius 3 is 1.38 bits per heavy atom. The van der Waals surface area contributed by atoms with E-state index in [1.807, 2.05) is 36.4 Å². The summed E-state index contributed by atoms with van der Waals surface area (Å²) in [4.78, 5) is 15.8. The minimum absolute atomic E-state index is 0.598. The molecule has 0 radical (unpaired) electrons. The average molecular weight is 834 g/mol. The molecule has 0 saturated heterocycles. The van der Waals surface area contributed by atoms with Gasteiger partial charge in [0.05, 0.1) is 27.8 Å². The molecule has 0 atom stereocenters. The van der Waals surface area contributed by atoms with E-state index in [2.05, 4.69) is 200 Å². The van der Waals surface area contributed by atoms with Crippen LogP contribution in [0.4, 0.5) is 0 Å². The molecule has 0 amide bonds. The van der Waals surface area contributed by atoms with E-state index >= 15 is 0 Å². The number of aryl methyl sites for hydroxylation is 3. The zero-order valence-electron chi connectivity index (χ0n) is 36.4. The highest BCUT2D eigenvalue weighted by Gasteiger charge is 2.22. The van der Waals surface area contributed by atoms with Crippen molar-refractivity contribution in [3.8, 4) is 67.8 Å². The lowest BCUT2D eigenvalue weighted by molar-refractivity contribution is 1.06. The van der Waals surface area contributed by atoms with Crippen LogP contribution in [0.2, 0.25) is 0 Å². The van der Waals surface area contributed by atoms with Gasteiger partial charge in [0, 0.05) is 43.9 Å². The van der Waals surface area contributed by atoms with Gasteiger partial charge in [0.15, 0.2) is 17.5 Å². The van der Waals surface area contributed by atoms with Crippen LogP contribution in [0.25, 0.3) is 111 Å². The lowest BCUT2D eigenvalue weighted by atomic mass is 9.93. The predicted octanol–water partition coefficient (Wildman–Crippen LogP) is 15.3. The van der Waals surface area contributed by atoms with E-state index in [4.69, 9.17) is 15.0 Å². The maximum Gasteiger partial charge on any atom is 0.166 e. The van der Waals surface area contributed by atoms with Crippen LogP contribution in [0.15, 0.2) is 206 Å². The largest absolute Gasteiger partial charge is 0.309 e. The van der Waals surface area contributed by atoms with Crippen molar-refractivity contribution in [2.45, 2.75) is 20.8 Å². The van der Waals surface area contributed by atoms with E-state index in [0.717, 1.165) is 55.7 Å². The third kappa shape index (κ3) is 6.51. The molecule has 9 aromatic carbocycles. The van der Waals surface area contributed by atoms with Gasteiger partial charge in [-0.05, 0) is 103 Å². The summed E-state index contributed by atoms with van der Waals surface area (Å²) in [6, 6.07) is 73.6. The number of hydrogen-bond acceptors (Lipinski definition) is 3. The molecule has 0 aliphatic heterocycles. The normalized spacial score (nSPS) is 11.6. The van der Waals surface area contributed by atoms with E-state index in [9.17, 15) is 0 Å². The van der Waals surface area contributed by atoms with Crippen LogP contribution in [0.1, 0.15) is 16.7 Å². The molecule has 0 spiro atoms. The molecule has 12 aromatic rings. The SMILES string of the molecule is Cc1cc(C)c(-c2ccc3c4ccccc4n(-c4ccc(-c5ccc6c7ccccc7n(-c7ccccc7)c6c5)cc4-c4nc(-c5ccccc5)nc(-c5ccccc5)n4)c3c2)c(C)c1. The van der Waals surface area contributed by atoms with Gasteiger partial charge < -0.3 is 9.13 Å². The Bertz CT molecular complexity index is 3710. The number of rotatable bonds is 7. The van der Waals surface area contributed by atoms with Crippen molar-refractivity contribution in [3.63, 3.8) is 0 Å². The first-order chi connectivity index (χ1) is 32.0. The van der Waals surface area contributed by atoms with E-state index in [0.29, 0.717) is 17.5 Å². The number of benzene rings is 9. The minimum Gasteiger partial charge on any atom is -0.309 e. The van der Waals surface area contributed by atoms with Gasteiger partial charge in [-0.1, -0.05) is 163 Å². The molecular formula is C60H43N5. The Kier molecular flexibility index (Phi) is 9.09. The van der Waals surface area contributed by atoms with Crippen LogP contribution in [-0.4, -0.2) is 24.1 Å². The molecule has 65 heavy (non-hydrogen) atoms. The molecule has 3 aromatic heterocycles. The van der Waals surface area contributed by atoms with Gasteiger partial charge in [-0.3, -0.25) is 0 Å². The second kappa shape index (κ2) is 15.4. The van der Waals surface area contributed by atoms with Crippen molar-refractivity contribution in [1.82, 2.24) is 24.1 Å². The third-order valence-corrected chi connectivity index (χ3v) is 12.8. The summed E-state index contributed by atoms with van der Waals surface area (Å²) in [5.41, 5.74) is 17.8. The summed E-state index contributed by atoms with van der Waals surface area (Å²) in [5.74, 6) is 1.84. The second-order valence-electron chi connectivity index (χ2n) is 17.0. The molecule has 308 valence electrons. The topological polar surface area (TPSA) is 48.5 Å². The van der Waals surface area contributed by atoms with Crippen molar-refractivity contribution in [2.75, 3.05) is 0 Å². The molecule has 3 heterocycles. The molecule has 0 N–H and O–H groups in total. The minimum atomic E-state index is 0.598. The average Bonchev–Trinajstić information content (AvgIpc) is 3.86. The van der Waals surface area contributed by atoms with E-state index in [-0.39, 0.29) is 0 Å². The van der Waals surface area contributed by atoms with Crippen LogP contribution in [0.5, 0.6) is 0 Å². The van der Waals surface area contributed by atoms with Gasteiger partial charge in [-0.2, -0.15) is 0 Å². The van der Waals surface area contributed by atoms with Crippen molar-refractivity contribution < 1.29 is 0 Å². The summed E-state index contributed by atoms with van der Waals surface area (Å²) in [6.07, 6.45) is 0. The maximum atomic E-state index is 5.35. The van der Waals surface area contributed by atoms with Crippen molar-refractivity contribution in [1.29, 1.82) is 0 Å². The fourth-order valence-corrected chi connectivity index (χ4v) is 10.0. The first kappa shape index (κ1) is 38.3. The number of para-hydroxylation sites is 3. The summed E-state index contributed by atoms with van der Waals surface area (Å²) < 4.78 is 4.79. The Hall–Kier alpha value is -8.41. The first-order valence-electron chi connectivity index (χ1n) is 22.2. The molecule has 0 unspecified atom stereocenters. The molecule has 5 nitrogen and oxygen atoms in total. The first-order valence-corrected chi connectivity index (χ1v) is 22.2. The van der Waals surface area contributed by atoms with Gasteiger partial charge >= 0.3 is 0 Å². The molecule has 0 aliphatic carbocycles. The van der Waals surface area contributed by atoms with Gasteiger partial charge in [0.1, 0.15) is 0 Å². The van der Waals surface area contributed by atoms with Gasteiger partial charge in [0.25, 0.3) is 0 Å². The number of hydrogen-bond donors (Lipinski definition) is 0. The van der Waals surface area contributed by atoms with Gasteiger partial charge in [-0.15, -0.1) is 0 Å². The lowest BCUT2D eigenvalue weighted by Gasteiger charge is -2.17. The Morgan fingerprint density at radius 1 is 0.323 bits per heavy atom. The van der Waals surface area contributed by atoms with Crippen molar-refractivity contribution in [2.24, 2.45) is 0 Å². The quantitative estimate of drug-likeness (QED) is 0.161. The van der Waals surface area contributed by atoms with Crippen LogP contribution < -0.4 is 0 Å². The molecule has 5 heteroatoms. The predicted molar refractivity (Wildman–Crippen MR) is 270 cm³/mol. The van der Waals surface area contributed by atoms with Crippen LogP contribution in [0.3, 0.4) is 0 Å². The zero-order valence-corrected chi connectivity index (χ0v) is 36.4. The Labute approximate surface area is 377 Å². The highest BCUT2D eigenvalue weighted by molar-refractivity contribution is 6.12. The summed E-state index contributed by atoms with van der Waals surface area (Å²) in [6.45, 7) is 6.61. The molecular weight excluding hydrogens is 791 g/mol. The standard InChI is InChI=1S/C60H43N5/c1-38-33-39(2)57(40(3)34-38)45-28-31-50-48-24-14-16-26-53(48)65(56(50)37-45)54-32-29-43(44-27-30-49-47-23-13-15-25-52(47)64(55(49)36-44)46-21-11-6-12-22-46)35-51(54)60-62-58(41-17-7-4-8-18-41)61-59(63-60)42-19-9-5-10-20-42/h4-37H,1-3H3. The van der Waals surface area contributed by atoms with Crippen LogP contribution >= 0.6 is 0 Å². The molecule has 12 rings (SSSR count). The van der Waals surface area contributed by atoms with Crippen molar-refractivity contribution in [3.05, 3.63) is 223 Å².